The van der Waals surface area contributed by atoms with Crippen LogP contribution in [0.1, 0.15) is 60.4 Å². The highest BCUT2D eigenvalue weighted by atomic mass is 19.1. The molecule has 2 heterocycles. The van der Waals surface area contributed by atoms with Crippen LogP contribution in [0.4, 0.5) is 31.5 Å². The van der Waals surface area contributed by atoms with E-state index in [1.54, 1.807) is 0 Å². The highest BCUT2D eigenvalue weighted by molar-refractivity contribution is 5.62. The van der Waals surface area contributed by atoms with Crippen molar-refractivity contribution in [1.82, 2.24) is 0 Å². The minimum Gasteiger partial charge on any atom is -0.399 e. The van der Waals surface area contributed by atoms with Gasteiger partial charge in [-0.3, -0.25) is 0 Å². The molecule has 0 radical (unpaired) electrons. The molecule has 0 aromatic heterocycles. The Kier molecular flexibility index (Phi) is 6.86. The molecule has 4 nitrogen and oxygen atoms in total. The van der Waals surface area contributed by atoms with Crippen molar-refractivity contribution in [3.05, 3.63) is 119 Å². The zero-order valence-corrected chi connectivity index (χ0v) is 21.9. The number of anilines is 4. The van der Waals surface area contributed by atoms with Crippen LogP contribution in [0.3, 0.4) is 0 Å². The predicted molar refractivity (Wildman–Crippen MR) is 156 cm³/mol. The summed E-state index contributed by atoms with van der Waals surface area (Å²) in [6.45, 7) is 1.25. The summed E-state index contributed by atoms with van der Waals surface area (Å²) < 4.78 is 31.6. The monoisotopic (exact) mass is 524 g/mol. The molecule has 200 valence electrons. The number of hydrogen-bond donors (Lipinski definition) is 2. The molecule has 2 fully saturated rings. The minimum atomic E-state index is -0.512. The first-order chi connectivity index (χ1) is 19.0. The van der Waals surface area contributed by atoms with E-state index in [9.17, 15) is 0 Å². The van der Waals surface area contributed by atoms with E-state index < -0.39 is 11.6 Å². The van der Waals surface area contributed by atoms with Crippen molar-refractivity contribution in [3.8, 4) is 0 Å². The number of piperidine rings is 1. The average molecular weight is 525 g/mol. The molecule has 0 aliphatic carbocycles. The fourth-order valence-electron chi connectivity index (χ4n) is 6.43. The Balaban J connectivity index is 1.31. The fraction of sp³-hybridized carbons (Fsp3) is 0.273. The first kappa shape index (κ1) is 25.2. The third-order valence-electron chi connectivity index (χ3n) is 8.41. The van der Waals surface area contributed by atoms with Gasteiger partial charge in [-0.1, -0.05) is 54.6 Å². The van der Waals surface area contributed by atoms with Gasteiger partial charge in [-0.2, -0.15) is 0 Å². The van der Waals surface area contributed by atoms with Gasteiger partial charge in [0, 0.05) is 30.2 Å². The Morgan fingerprint density at radius 1 is 0.590 bits per heavy atom. The van der Waals surface area contributed by atoms with Crippen molar-refractivity contribution in [2.24, 2.45) is 0 Å². The number of benzene rings is 4. The maximum atomic E-state index is 15.8. The van der Waals surface area contributed by atoms with Crippen LogP contribution in [0.2, 0.25) is 0 Å². The lowest BCUT2D eigenvalue weighted by Crippen LogP contribution is -2.34. The smallest absolute Gasteiger partial charge is 0.151 e. The summed E-state index contributed by atoms with van der Waals surface area (Å²) in [5, 5.41) is 0. The van der Waals surface area contributed by atoms with E-state index in [0.29, 0.717) is 36.1 Å². The van der Waals surface area contributed by atoms with Crippen molar-refractivity contribution in [2.75, 3.05) is 34.4 Å². The summed E-state index contributed by atoms with van der Waals surface area (Å²) in [6.07, 6.45) is 3.46. The largest absolute Gasteiger partial charge is 0.399 e. The lowest BCUT2D eigenvalue weighted by Gasteiger charge is -2.36. The van der Waals surface area contributed by atoms with Crippen molar-refractivity contribution in [3.63, 3.8) is 0 Å². The van der Waals surface area contributed by atoms with Crippen LogP contribution < -0.4 is 21.3 Å². The SMILES string of the molecule is Nc1ccc([C@@H]2CC[C@@H](c3ccc(N)cc3)N2c2cc(F)c(N3CCC(c4ccccc4)CC3)c(F)c2)cc1. The standard InChI is InChI=1S/C33H34F2N4/c34-29-20-28(21-30(35)33(29)38-18-16-23(17-19-38)22-4-2-1-3-5-22)39-31(24-6-10-26(36)11-7-24)14-15-32(39)25-8-12-27(37)13-9-25/h1-13,20-21,23,31-32H,14-19,36-37H2/t31-,32-/m0/s1. The number of nitrogens with zero attached hydrogens (tertiary/aromatic N) is 2. The minimum absolute atomic E-state index is 0.0283. The molecule has 0 spiro atoms. The molecule has 4 aromatic rings. The van der Waals surface area contributed by atoms with Gasteiger partial charge in [-0.15, -0.1) is 0 Å². The van der Waals surface area contributed by atoms with Gasteiger partial charge in [0.25, 0.3) is 0 Å². The number of hydrogen-bond acceptors (Lipinski definition) is 4. The fourth-order valence-corrected chi connectivity index (χ4v) is 6.43. The first-order valence-electron chi connectivity index (χ1n) is 13.8. The summed E-state index contributed by atoms with van der Waals surface area (Å²) in [4.78, 5) is 4.03. The molecule has 39 heavy (non-hydrogen) atoms. The van der Waals surface area contributed by atoms with Gasteiger partial charge < -0.3 is 21.3 Å². The summed E-state index contributed by atoms with van der Waals surface area (Å²) in [5.74, 6) is -0.608. The van der Waals surface area contributed by atoms with Gasteiger partial charge in [-0.25, -0.2) is 8.78 Å². The number of halogens is 2. The molecular weight excluding hydrogens is 490 g/mol. The molecule has 2 aliphatic heterocycles. The summed E-state index contributed by atoms with van der Waals surface area (Å²) in [5.41, 5.74) is 17.4. The molecule has 0 bridgehead atoms. The van der Waals surface area contributed by atoms with Gasteiger partial charge in [-0.05, 0) is 84.7 Å². The van der Waals surface area contributed by atoms with E-state index in [-0.39, 0.29) is 17.8 Å². The normalized spacial score (nSPS) is 19.9. The average Bonchev–Trinajstić information content (AvgIpc) is 3.39. The zero-order valence-electron chi connectivity index (χ0n) is 21.9. The topological polar surface area (TPSA) is 58.5 Å². The van der Waals surface area contributed by atoms with E-state index >= 15 is 8.78 Å². The van der Waals surface area contributed by atoms with Gasteiger partial charge >= 0.3 is 0 Å². The molecular formula is C33H34F2N4. The Labute approximate surface area is 228 Å². The number of nitrogen functional groups attached to an aromatic ring is 2. The highest BCUT2D eigenvalue weighted by Crippen LogP contribution is 2.48. The predicted octanol–water partition coefficient (Wildman–Crippen LogP) is 7.60. The van der Waals surface area contributed by atoms with Crippen LogP contribution in [0, 0.1) is 11.6 Å². The van der Waals surface area contributed by atoms with E-state index in [2.05, 4.69) is 17.0 Å². The third kappa shape index (κ3) is 5.03. The summed E-state index contributed by atoms with van der Waals surface area (Å²) in [6, 6.07) is 28.9. The molecule has 2 atom stereocenters. The Hall–Kier alpha value is -4.06. The van der Waals surface area contributed by atoms with Crippen LogP contribution in [0.25, 0.3) is 0 Å². The Bertz CT molecular complexity index is 1340. The maximum absolute atomic E-state index is 15.8. The van der Waals surface area contributed by atoms with Gasteiger partial charge in [0.2, 0.25) is 0 Å². The van der Waals surface area contributed by atoms with E-state index in [1.165, 1.54) is 17.7 Å². The van der Waals surface area contributed by atoms with Crippen LogP contribution >= 0.6 is 0 Å². The van der Waals surface area contributed by atoms with Crippen LogP contribution in [0.5, 0.6) is 0 Å². The molecule has 2 saturated heterocycles. The van der Waals surface area contributed by atoms with E-state index in [1.807, 2.05) is 71.6 Å². The van der Waals surface area contributed by atoms with E-state index in [4.69, 9.17) is 11.5 Å². The Morgan fingerprint density at radius 3 is 1.56 bits per heavy atom. The quantitative estimate of drug-likeness (QED) is 0.264. The lowest BCUT2D eigenvalue weighted by atomic mass is 9.89. The molecule has 0 amide bonds. The molecule has 0 unspecified atom stereocenters. The Morgan fingerprint density at radius 2 is 1.08 bits per heavy atom. The molecule has 6 rings (SSSR count). The van der Waals surface area contributed by atoms with Crippen molar-refractivity contribution in [1.29, 1.82) is 0 Å². The second kappa shape index (κ2) is 10.6. The van der Waals surface area contributed by atoms with Crippen LogP contribution in [-0.2, 0) is 0 Å². The molecule has 6 heteroatoms. The second-order valence-corrected chi connectivity index (χ2v) is 10.8. The van der Waals surface area contributed by atoms with Crippen molar-refractivity contribution < 1.29 is 8.78 Å². The lowest BCUT2D eigenvalue weighted by molar-refractivity contribution is 0.486. The molecule has 2 aliphatic rings. The van der Waals surface area contributed by atoms with Gasteiger partial charge in [0.05, 0.1) is 12.1 Å². The maximum Gasteiger partial charge on any atom is 0.151 e. The molecule has 0 saturated carbocycles. The van der Waals surface area contributed by atoms with Crippen LogP contribution in [-0.4, -0.2) is 13.1 Å². The highest BCUT2D eigenvalue weighted by Gasteiger charge is 2.37. The van der Waals surface area contributed by atoms with Gasteiger partial charge in [0.1, 0.15) is 5.69 Å². The van der Waals surface area contributed by atoms with E-state index in [0.717, 1.165) is 36.8 Å². The zero-order chi connectivity index (χ0) is 26.9. The number of nitrogens with two attached hydrogens (primary N) is 2. The summed E-state index contributed by atoms with van der Waals surface area (Å²) >= 11 is 0. The second-order valence-electron chi connectivity index (χ2n) is 10.8. The number of rotatable bonds is 5. The summed E-state index contributed by atoms with van der Waals surface area (Å²) in [7, 11) is 0. The van der Waals surface area contributed by atoms with Crippen LogP contribution in [0.15, 0.2) is 91.0 Å². The van der Waals surface area contributed by atoms with Crippen molar-refractivity contribution >= 4 is 22.7 Å². The molecule has 4 aromatic carbocycles. The van der Waals surface area contributed by atoms with Crippen molar-refractivity contribution in [2.45, 2.75) is 43.7 Å². The van der Waals surface area contributed by atoms with Gasteiger partial charge in [0.15, 0.2) is 11.6 Å². The third-order valence-corrected chi connectivity index (χ3v) is 8.41. The first-order valence-corrected chi connectivity index (χ1v) is 13.8. The molecule has 4 N–H and O–H groups in total.